The molecule has 5 nitrogen and oxygen atoms in total. The number of likely N-dealkylation sites (tertiary alicyclic amines) is 1. The molecule has 2 heterocycles. The highest BCUT2D eigenvalue weighted by Gasteiger charge is 2.31. The lowest BCUT2D eigenvalue weighted by Crippen LogP contribution is -2.46. The fraction of sp³-hybridized carbons (Fsp3) is 0.765. The average Bonchev–Trinajstić information content (AvgIpc) is 3.26. The molecule has 1 atom stereocenters. The number of ether oxygens (including phenoxy) is 1. The van der Waals surface area contributed by atoms with Crippen LogP contribution >= 0.6 is 0 Å². The molecular formula is C17H26N2O3. The van der Waals surface area contributed by atoms with Gasteiger partial charge in [0.05, 0.1) is 12.6 Å². The highest BCUT2D eigenvalue weighted by Crippen LogP contribution is 2.22. The summed E-state index contributed by atoms with van der Waals surface area (Å²) in [4.78, 5) is 28.8. The number of hydrogen-bond acceptors (Lipinski definition) is 3. The van der Waals surface area contributed by atoms with Crippen molar-refractivity contribution in [3.05, 3.63) is 12.2 Å². The Morgan fingerprint density at radius 1 is 1.14 bits per heavy atom. The molecule has 22 heavy (non-hydrogen) atoms. The third-order valence-corrected chi connectivity index (χ3v) is 4.90. The lowest BCUT2D eigenvalue weighted by molar-refractivity contribution is -0.143. The lowest BCUT2D eigenvalue weighted by atomic mass is 10.1. The number of rotatable bonds is 5. The van der Waals surface area contributed by atoms with Gasteiger partial charge in [0.1, 0.15) is 0 Å². The van der Waals surface area contributed by atoms with Crippen molar-refractivity contribution in [1.29, 1.82) is 0 Å². The van der Waals surface area contributed by atoms with E-state index in [1.165, 1.54) is 0 Å². The Kier molecular flexibility index (Phi) is 5.13. The van der Waals surface area contributed by atoms with Gasteiger partial charge in [-0.25, -0.2) is 0 Å². The highest BCUT2D eigenvalue weighted by atomic mass is 16.5. The molecule has 2 saturated heterocycles. The van der Waals surface area contributed by atoms with Crippen LogP contribution in [-0.4, -0.2) is 60.5 Å². The monoisotopic (exact) mass is 306 g/mol. The average molecular weight is 306 g/mol. The van der Waals surface area contributed by atoms with Crippen molar-refractivity contribution >= 4 is 11.8 Å². The number of nitrogens with zero attached hydrogens (tertiary/aromatic N) is 2. The van der Waals surface area contributed by atoms with E-state index in [0.717, 1.165) is 58.2 Å². The normalized spacial score (nSPS) is 25.1. The van der Waals surface area contributed by atoms with Gasteiger partial charge in [0.2, 0.25) is 11.8 Å². The minimum atomic E-state index is 0.0211. The summed E-state index contributed by atoms with van der Waals surface area (Å²) in [7, 11) is 0. The van der Waals surface area contributed by atoms with Gasteiger partial charge in [-0.2, -0.15) is 0 Å². The fourth-order valence-corrected chi connectivity index (χ4v) is 3.57. The third kappa shape index (κ3) is 3.69. The van der Waals surface area contributed by atoms with Crippen LogP contribution in [0.4, 0.5) is 0 Å². The van der Waals surface area contributed by atoms with E-state index in [9.17, 15) is 9.59 Å². The maximum absolute atomic E-state index is 12.7. The minimum absolute atomic E-state index is 0.0211. The van der Waals surface area contributed by atoms with Crippen molar-refractivity contribution in [2.45, 2.75) is 44.6 Å². The number of allylic oxidation sites excluding steroid dienone is 2. The Balaban J connectivity index is 1.61. The molecule has 0 bridgehead atoms. The van der Waals surface area contributed by atoms with Crippen LogP contribution < -0.4 is 0 Å². The molecule has 0 radical (unpaired) electrons. The second-order valence-corrected chi connectivity index (χ2v) is 6.58. The summed E-state index contributed by atoms with van der Waals surface area (Å²) in [6.07, 6.45) is 10.0. The molecule has 3 rings (SSSR count). The van der Waals surface area contributed by atoms with E-state index >= 15 is 0 Å². The molecule has 3 aliphatic rings. The van der Waals surface area contributed by atoms with Crippen LogP contribution in [0.25, 0.3) is 0 Å². The zero-order valence-corrected chi connectivity index (χ0v) is 13.2. The van der Waals surface area contributed by atoms with Gasteiger partial charge in [-0.05, 0) is 38.5 Å². The Hall–Kier alpha value is -1.36. The zero-order valence-electron chi connectivity index (χ0n) is 13.2. The number of hydrogen-bond donors (Lipinski definition) is 0. The first kappa shape index (κ1) is 15.5. The van der Waals surface area contributed by atoms with Crippen LogP contribution in [-0.2, 0) is 14.3 Å². The van der Waals surface area contributed by atoms with Gasteiger partial charge in [-0.15, -0.1) is 0 Å². The van der Waals surface area contributed by atoms with E-state index in [0.29, 0.717) is 6.54 Å². The van der Waals surface area contributed by atoms with Gasteiger partial charge in [-0.3, -0.25) is 9.59 Å². The summed E-state index contributed by atoms with van der Waals surface area (Å²) in [5.74, 6) is 0.232. The molecule has 2 aliphatic heterocycles. The molecule has 0 spiro atoms. The van der Waals surface area contributed by atoms with Crippen molar-refractivity contribution in [1.82, 2.24) is 9.80 Å². The smallest absolute Gasteiger partial charge is 0.242 e. The van der Waals surface area contributed by atoms with Crippen LogP contribution in [0.3, 0.4) is 0 Å². The van der Waals surface area contributed by atoms with Gasteiger partial charge in [0.25, 0.3) is 0 Å². The second-order valence-electron chi connectivity index (χ2n) is 6.58. The van der Waals surface area contributed by atoms with E-state index in [2.05, 4.69) is 12.2 Å². The fourth-order valence-electron chi connectivity index (χ4n) is 3.57. The third-order valence-electron chi connectivity index (χ3n) is 4.90. The molecule has 0 aromatic rings. The molecule has 0 unspecified atom stereocenters. The number of carbonyl (C=O) groups is 2. The quantitative estimate of drug-likeness (QED) is 0.725. The van der Waals surface area contributed by atoms with Crippen LogP contribution in [0, 0.1) is 5.92 Å². The van der Waals surface area contributed by atoms with Crippen molar-refractivity contribution in [3.63, 3.8) is 0 Å². The van der Waals surface area contributed by atoms with Crippen molar-refractivity contribution < 1.29 is 14.3 Å². The van der Waals surface area contributed by atoms with E-state index < -0.39 is 0 Å². The Labute approximate surface area is 132 Å². The van der Waals surface area contributed by atoms with Crippen molar-refractivity contribution in [2.24, 2.45) is 5.92 Å². The topological polar surface area (TPSA) is 49.9 Å². The highest BCUT2D eigenvalue weighted by molar-refractivity contribution is 5.86. The van der Waals surface area contributed by atoms with Crippen molar-refractivity contribution in [3.8, 4) is 0 Å². The van der Waals surface area contributed by atoms with Crippen molar-refractivity contribution in [2.75, 3.05) is 32.8 Å². The van der Waals surface area contributed by atoms with Crippen LogP contribution in [0.1, 0.15) is 38.5 Å². The maximum atomic E-state index is 12.7. The summed E-state index contributed by atoms with van der Waals surface area (Å²) in [6, 6.07) is 0. The molecule has 0 saturated carbocycles. The summed E-state index contributed by atoms with van der Waals surface area (Å²) in [5, 5.41) is 0. The lowest BCUT2D eigenvalue weighted by Gasteiger charge is -2.29. The predicted molar refractivity (Wildman–Crippen MR) is 83.2 cm³/mol. The molecule has 2 amide bonds. The summed E-state index contributed by atoms with van der Waals surface area (Å²) in [5.41, 5.74) is 0. The molecule has 1 aliphatic carbocycles. The van der Waals surface area contributed by atoms with Gasteiger partial charge < -0.3 is 14.5 Å². The van der Waals surface area contributed by atoms with E-state index in [1.807, 2.05) is 4.90 Å². The number of amides is 2. The summed E-state index contributed by atoms with van der Waals surface area (Å²) >= 11 is 0. The van der Waals surface area contributed by atoms with Crippen LogP contribution in [0.5, 0.6) is 0 Å². The molecule has 0 aromatic carbocycles. The molecular weight excluding hydrogens is 280 g/mol. The first-order valence-corrected chi connectivity index (χ1v) is 8.57. The van der Waals surface area contributed by atoms with E-state index in [1.54, 1.807) is 4.90 Å². The molecule has 0 aromatic heterocycles. The SMILES string of the molecule is O=C(CN(C[C@H]1CCCO1)C(=O)C1CC=CC1)N1CCCC1. The molecule has 2 fully saturated rings. The van der Waals surface area contributed by atoms with E-state index in [4.69, 9.17) is 4.74 Å². The zero-order chi connectivity index (χ0) is 15.4. The Bertz CT molecular complexity index is 429. The summed E-state index contributed by atoms with van der Waals surface area (Å²) < 4.78 is 5.67. The van der Waals surface area contributed by atoms with Gasteiger partial charge in [0, 0.05) is 32.2 Å². The second kappa shape index (κ2) is 7.27. The predicted octanol–water partition coefficient (Wildman–Crippen LogP) is 1.58. The van der Waals surface area contributed by atoms with Gasteiger partial charge in [-0.1, -0.05) is 12.2 Å². The van der Waals surface area contributed by atoms with Crippen LogP contribution in [0.15, 0.2) is 12.2 Å². The van der Waals surface area contributed by atoms with Crippen LogP contribution in [0.2, 0.25) is 0 Å². The molecule has 122 valence electrons. The summed E-state index contributed by atoms with van der Waals surface area (Å²) in [6.45, 7) is 3.24. The largest absolute Gasteiger partial charge is 0.376 e. The maximum Gasteiger partial charge on any atom is 0.242 e. The Morgan fingerprint density at radius 3 is 2.50 bits per heavy atom. The molecule has 5 heteroatoms. The first-order valence-electron chi connectivity index (χ1n) is 8.57. The number of carbonyl (C=O) groups excluding carboxylic acids is 2. The minimum Gasteiger partial charge on any atom is -0.376 e. The van der Waals surface area contributed by atoms with E-state index in [-0.39, 0.29) is 30.4 Å². The standard InChI is InChI=1S/C17H26N2O3/c20-16(18-9-3-4-10-18)13-19(12-15-8-5-11-22-15)17(21)14-6-1-2-7-14/h1-2,14-15H,3-13H2/t15-/m1/s1. The first-order chi connectivity index (χ1) is 10.7. The van der Waals surface area contributed by atoms with Gasteiger partial charge in [0.15, 0.2) is 0 Å². The Morgan fingerprint density at radius 2 is 1.86 bits per heavy atom. The molecule has 0 N–H and O–H groups in total. The van der Waals surface area contributed by atoms with Gasteiger partial charge >= 0.3 is 0 Å².